The summed E-state index contributed by atoms with van der Waals surface area (Å²) in [5, 5.41) is 3.14. The average Bonchev–Trinajstić information content (AvgIpc) is 3.14. The molecule has 4 rings (SSSR count). The smallest absolute Gasteiger partial charge is 0.374 e. The maximum atomic E-state index is 13.4. The number of nitrogens with one attached hydrogen (secondary N) is 1. The number of benzene rings is 3. The van der Waals surface area contributed by atoms with Crippen molar-refractivity contribution < 1.29 is 31.1 Å². The molecule has 3 aromatic carbocycles. The zero-order valence-electron chi connectivity index (χ0n) is 18.8. The molecular weight excluding hydrogens is 502 g/mol. The first kappa shape index (κ1) is 25.7. The number of rotatable bonds is 6. The van der Waals surface area contributed by atoms with Crippen LogP contribution in [-0.2, 0) is 11.0 Å². The van der Waals surface area contributed by atoms with Gasteiger partial charge in [0.25, 0.3) is 5.91 Å². The number of hydrogen-bond donors (Lipinski definition) is 1. The Kier molecular flexibility index (Phi) is 7.08. The lowest BCUT2D eigenvalue weighted by molar-refractivity contribution is -0.137. The van der Waals surface area contributed by atoms with Crippen LogP contribution in [0.4, 0.5) is 32.0 Å². The van der Waals surface area contributed by atoms with Crippen LogP contribution in [0.5, 0.6) is 0 Å². The van der Waals surface area contributed by atoms with E-state index in [0.717, 1.165) is 17.7 Å². The van der Waals surface area contributed by atoms with Gasteiger partial charge < -0.3 is 5.32 Å². The largest absolute Gasteiger partial charge is 0.446 e. The number of hydrogen-bond acceptors (Lipinski definition) is 3. The number of halogens is 6. The Bertz CT molecular complexity index is 1260. The second kappa shape index (κ2) is 9.93. The average molecular weight is 523 g/mol. The molecule has 2 unspecified atom stereocenters. The zero-order valence-corrected chi connectivity index (χ0v) is 19.6. The fraction of sp³-hybridized carbons (Fsp3) is 0.192. The molecule has 0 spiro atoms. The van der Waals surface area contributed by atoms with Crippen LogP contribution in [0.1, 0.15) is 35.7 Å². The molecule has 0 bridgehead atoms. The third-order valence-corrected chi connectivity index (χ3v) is 6.35. The summed E-state index contributed by atoms with van der Waals surface area (Å²) in [6, 6.07) is 18.0. The number of alkyl halides is 6. The van der Waals surface area contributed by atoms with E-state index in [1.54, 1.807) is 12.1 Å². The first-order chi connectivity index (χ1) is 16.9. The third kappa shape index (κ3) is 5.87. The molecule has 1 aliphatic rings. The summed E-state index contributed by atoms with van der Waals surface area (Å²) in [5.41, 5.74) is -3.69. The molecule has 36 heavy (non-hydrogen) atoms. The first-order valence-electron chi connectivity index (χ1n) is 10.8. The van der Waals surface area contributed by atoms with Crippen molar-refractivity contribution in [3.8, 4) is 0 Å². The summed E-state index contributed by atoms with van der Waals surface area (Å²) >= 11 is -0.280. The van der Waals surface area contributed by atoms with Crippen LogP contribution in [0.2, 0.25) is 0 Å². The van der Waals surface area contributed by atoms with Crippen LogP contribution in [0, 0.1) is 0 Å². The monoisotopic (exact) mass is 522 g/mol. The zero-order chi connectivity index (χ0) is 26.1. The SMILES string of the molecule is CC(NC1=CC(c2cccc(SC(F)(F)F)c2)N(c2ccc(C(F)(F)F)cc2)C1=O)c1ccccc1. The van der Waals surface area contributed by atoms with Crippen LogP contribution in [0.15, 0.2) is 95.5 Å². The number of nitrogens with zero attached hydrogens (tertiary/aromatic N) is 1. The van der Waals surface area contributed by atoms with Gasteiger partial charge in [0.1, 0.15) is 0 Å². The van der Waals surface area contributed by atoms with E-state index >= 15 is 0 Å². The van der Waals surface area contributed by atoms with E-state index in [1.807, 2.05) is 37.3 Å². The van der Waals surface area contributed by atoms with Gasteiger partial charge in [0, 0.05) is 16.6 Å². The van der Waals surface area contributed by atoms with Gasteiger partial charge in [-0.05, 0) is 72.3 Å². The lowest BCUT2D eigenvalue weighted by Crippen LogP contribution is -2.33. The van der Waals surface area contributed by atoms with Gasteiger partial charge in [-0.15, -0.1) is 0 Å². The van der Waals surface area contributed by atoms with Crippen LogP contribution in [-0.4, -0.2) is 11.4 Å². The van der Waals surface area contributed by atoms with Crippen molar-refractivity contribution in [3.63, 3.8) is 0 Å². The topological polar surface area (TPSA) is 32.3 Å². The van der Waals surface area contributed by atoms with Crippen molar-refractivity contribution in [2.75, 3.05) is 4.90 Å². The van der Waals surface area contributed by atoms with Crippen molar-refractivity contribution in [1.82, 2.24) is 5.32 Å². The Balaban J connectivity index is 1.71. The van der Waals surface area contributed by atoms with E-state index in [2.05, 4.69) is 5.32 Å². The number of carbonyl (C=O) groups excluding carboxylic acids is 1. The van der Waals surface area contributed by atoms with E-state index in [-0.39, 0.29) is 34.1 Å². The minimum absolute atomic E-state index is 0.0627. The molecule has 0 saturated heterocycles. The number of thioether (sulfide) groups is 1. The second-order valence-electron chi connectivity index (χ2n) is 8.14. The molecule has 3 aromatic rings. The van der Waals surface area contributed by atoms with Crippen molar-refractivity contribution in [1.29, 1.82) is 0 Å². The van der Waals surface area contributed by atoms with Crippen molar-refractivity contribution in [3.05, 3.63) is 107 Å². The molecule has 0 radical (unpaired) electrons. The molecule has 0 fully saturated rings. The molecule has 0 saturated carbocycles. The molecule has 1 heterocycles. The van der Waals surface area contributed by atoms with E-state index in [4.69, 9.17) is 0 Å². The Morgan fingerprint density at radius 2 is 1.56 bits per heavy atom. The lowest BCUT2D eigenvalue weighted by Gasteiger charge is -2.26. The highest BCUT2D eigenvalue weighted by Gasteiger charge is 2.37. The molecular formula is C26H20F6N2OS. The predicted octanol–water partition coefficient (Wildman–Crippen LogP) is 7.64. The van der Waals surface area contributed by atoms with Gasteiger partial charge in [-0.2, -0.15) is 26.3 Å². The highest BCUT2D eigenvalue weighted by molar-refractivity contribution is 8.00. The van der Waals surface area contributed by atoms with Gasteiger partial charge in [0.05, 0.1) is 17.3 Å². The Hall–Kier alpha value is -3.40. The summed E-state index contributed by atoms with van der Waals surface area (Å²) in [5.74, 6) is -0.503. The minimum atomic E-state index is -4.55. The molecule has 1 aliphatic heterocycles. The van der Waals surface area contributed by atoms with Crippen LogP contribution >= 0.6 is 11.8 Å². The Morgan fingerprint density at radius 1 is 0.889 bits per heavy atom. The maximum Gasteiger partial charge on any atom is 0.446 e. The second-order valence-corrected chi connectivity index (χ2v) is 9.28. The number of anilines is 1. The normalized spacial score (nSPS) is 17.2. The van der Waals surface area contributed by atoms with Crippen LogP contribution in [0.3, 0.4) is 0 Å². The van der Waals surface area contributed by atoms with Gasteiger partial charge in [0.2, 0.25) is 0 Å². The lowest BCUT2D eigenvalue weighted by atomic mass is 10.1. The minimum Gasteiger partial charge on any atom is -0.374 e. The Labute approximate surface area is 207 Å². The molecule has 1 amide bonds. The molecule has 188 valence electrons. The maximum absolute atomic E-state index is 13.4. The third-order valence-electron chi connectivity index (χ3n) is 5.63. The van der Waals surface area contributed by atoms with Crippen LogP contribution < -0.4 is 10.2 Å². The van der Waals surface area contributed by atoms with E-state index in [1.165, 1.54) is 35.2 Å². The predicted molar refractivity (Wildman–Crippen MR) is 126 cm³/mol. The fourth-order valence-corrected chi connectivity index (χ4v) is 4.57. The van der Waals surface area contributed by atoms with Crippen molar-refractivity contribution in [2.24, 2.45) is 0 Å². The van der Waals surface area contributed by atoms with Crippen molar-refractivity contribution >= 4 is 23.4 Å². The van der Waals surface area contributed by atoms with Gasteiger partial charge >= 0.3 is 11.7 Å². The standard InChI is InChI=1S/C26H20F6N2OS/c1-16(17-6-3-2-4-7-17)33-22-15-23(18-8-5-9-21(14-18)36-26(30,31)32)34(24(22)35)20-12-10-19(11-13-20)25(27,28)29/h2-16,23,33H,1H3. The molecule has 2 atom stereocenters. The van der Waals surface area contributed by atoms with Gasteiger partial charge in [-0.25, -0.2) is 0 Å². The fourth-order valence-electron chi connectivity index (χ4n) is 3.96. The highest BCUT2D eigenvalue weighted by atomic mass is 32.2. The first-order valence-corrected chi connectivity index (χ1v) is 11.6. The highest BCUT2D eigenvalue weighted by Crippen LogP contribution is 2.41. The Morgan fingerprint density at radius 3 is 2.17 bits per heavy atom. The van der Waals surface area contributed by atoms with Crippen molar-refractivity contribution in [2.45, 2.75) is 35.6 Å². The molecule has 0 aliphatic carbocycles. The quantitative estimate of drug-likeness (QED) is 0.267. The molecule has 1 N–H and O–H groups in total. The van der Waals surface area contributed by atoms with Gasteiger partial charge in [-0.1, -0.05) is 42.5 Å². The van der Waals surface area contributed by atoms with Gasteiger partial charge in [-0.3, -0.25) is 9.69 Å². The molecule has 10 heteroatoms. The summed E-state index contributed by atoms with van der Waals surface area (Å²) in [4.78, 5) is 14.7. The summed E-state index contributed by atoms with van der Waals surface area (Å²) in [6.45, 7) is 1.85. The molecule has 0 aromatic heterocycles. The van der Waals surface area contributed by atoms with Crippen LogP contribution in [0.25, 0.3) is 0 Å². The summed E-state index contributed by atoms with van der Waals surface area (Å²) < 4.78 is 78.0. The number of carbonyl (C=O) groups is 1. The van der Waals surface area contributed by atoms with E-state index < -0.39 is 29.2 Å². The van der Waals surface area contributed by atoms with E-state index in [0.29, 0.717) is 5.56 Å². The molecule has 3 nitrogen and oxygen atoms in total. The summed E-state index contributed by atoms with van der Waals surface area (Å²) in [7, 11) is 0. The van der Waals surface area contributed by atoms with Gasteiger partial charge in [0.15, 0.2) is 0 Å². The summed E-state index contributed by atoms with van der Waals surface area (Å²) in [6.07, 6.45) is -2.97. The van der Waals surface area contributed by atoms with E-state index in [9.17, 15) is 31.1 Å². The number of amides is 1.